The van der Waals surface area contributed by atoms with E-state index in [1.807, 2.05) is 4.68 Å². The maximum Gasteiger partial charge on any atom is 0.165 e. The highest BCUT2D eigenvalue weighted by Crippen LogP contribution is 2.34. The number of piperidine rings is 1. The average Bonchev–Trinajstić information content (AvgIpc) is 3.12. The lowest BCUT2D eigenvalue weighted by atomic mass is 10.0. The van der Waals surface area contributed by atoms with Crippen molar-refractivity contribution in [2.24, 2.45) is 0 Å². The minimum absolute atomic E-state index is 0.566. The standard InChI is InChI=1S/C12H22N6/c1-17(8-10-4-2-3-7-13-10)9-12-14-15-16-18(12)11-5-6-11/h10-11,13H,2-9H2,1H3. The second-order valence-electron chi connectivity index (χ2n) is 5.61. The number of tetrazole rings is 1. The Bertz CT molecular complexity index is 380. The van der Waals surface area contributed by atoms with Crippen molar-refractivity contribution in [2.75, 3.05) is 20.1 Å². The number of rotatable bonds is 5. The van der Waals surface area contributed by atoms with Crippen molar-refractivity contribution in [3.05, 3.63) is 5.82 Å². The molecular formula is C12H22N6. The van der Waals surface area contributed by atoms with Crippen molar-refractivity contribution in [2.45, 2.75) is 50.7 Å². The van der Waals surface area contributed by atoms with Crippen molar-refractivity contribution in [1.82, 2.24) is 30.4 Å². The molecule has 1 atom stereocenters. The van der Waals surface area contributed by atoms with Crippen LogP contribution in [0.4, 0.5) is 0 Å². The van der Waals surface area contributed by atoms with Gasteiger partial charge in [0.2, 0.25) is 0 Å². The lowest BCUT2D eigenvalue weighted by Gasteiger charge is -2.27. The number of hydrogen-bond donors (Lipinski definition) is 1. The Hall–Kier alpha value is -1.01. The van der Waals surface area contributed by atoms with E-state index in [2.05, 4.69) is 32.8 Å². The van der Waals surface area contributed by atoms with Gasteiger partial charge in [-0.25, -0.2) is 4.68 Å². The minimum Gasteiger partial charge on any atom is -0.313 e. The molecule has 1 N–H and O–H groups in total. The molecule has 3 rings (SSSR count). The van der Waals surface area contributed by atoms with Gasteiger partial charge in [-0.1, -0.05) is 6.42 Å². The molecule has 1 unspecified atom stereocenters. The molecule has 0 spiro atoms. The van der Waals surface area contributed by atoms with Crippen LogP contribution in [0.25, 0.3) is 0 Å². The SMILES string of the molecule is CN(Cc1nnnn1C1CC1)CC1CCCCN1. The van der Waals surface area contributed by atoms with Crippen molar-refractivity contribution >= 4 is 0 Å². The van der Waals surface area contributed by atoms with Gasteiger partial charge in [0.25, 0.3) is 0 Å². The fraction of sp³-hybridized carbons (Fsp3) is 0.917. The first kappa shape index (κ1) is 12.0. The van der Waals surface area contributed by atoms with Crippen LogP contribution in [0.15, 0.2) is 0 Å². The van der Waals surface area contributed by atoms with Gasteiger partial charge in [0.1, 0.15) is 0 Å². The summed E-state index contributed by atoms with van der Waals surface area (Å²) in [5.41, 5.74) is 0. The Balaban J connectivity index is 1.53. The van der Waals surface area contributed by atoms with Gasteiger partial charge in [0.15, 0.2) is 5.82 Å². The number of nitrogens with one attached hydrogen (secondary N) is 1. The van der Waals surface area contributed by atoms with Crippen LogP contribution in [-0.4, -0.2) is 51.3 Å². The van der Waals surface area contributed by atoms with Crippen LogP contribution in [-0.2, 0) is 6.54 Å². The van der Waals surface area contributed by atoms with E-state index in [4.69, 9.17) is 0 Å². The molecule has 18 heavy (non-hydrogen) atoms. The molecule has 2 aliphatic rings. The van der Waals surface area contributed by atoms with E-state index < -0.39 is 0 Å². The molecule has 6 nitrogen and oxygen atoms in total. The van der Waals surface area contributed by atoms with Gasteiger partial charge < -0.3 is 5.32 Å². The van der Waals surface area contributed by atoms with Crippen molar-refractivity contribution in [3.63, 3.8) is 0 Å². The molecule has 1 saturated heterocycles. The molecule has 1 aliphatic carbocycles. The number of nitrogens with zero attached hydrogens (tertiary/aromatic N) is 5. The zero-order chi connectivity index (χ0) is 12.4. The topological polar surface area (TPSA) is 58.9 Å². The van der Waals surface area contributed by atoms with E-state index >= 15 is 0 Å². The van der Waals surface area contributed by atoms with Gasteiger partial charge in [-0.15, -0.1) is 5.10 Å². The number of hydrogen-bond acceptors (Lipinski definition) is 5. The summed E-state index contributed by atoms with van der Waals surface area (Å²) in [5.74, 6) is 1.01. The largest absolute Gasteiger partial charge is 0.313 e. The maximum atomic E-state index is 4.15. The van der Waals surface area contributed by atoms with Gasteiger partial charge in [-0.05, 0) is 49.7 Å². The molecule has 1 aromatic heterocycles. The molecule has 2 heterocycles. The highest BCUT2D eigenvalue weighted by atomic mass is 15.6. The van der Waals surface area contributed by atoms with Crippen LogP contribution in [0.2, 0.25) is 0 Å². The molecule has 0 bridgehead atoms. The molecular weight excluding hydrogens is 228 g/mol. The second kappa shape index (κ2) is 5.32. The average molecular weight is 250 g/mol. The van der Waals surface area contributed by atoms with Crippen LogP contribution in [0.5, 0.6) is 0 Å². The van der Waals surface area contributed by atoms with Gasteiger partial charge >= 0.3 is 0 Å². The van der Waals surface area contributed by atoms with E-state index in [1.54, 1.807) is 0 Å². The zero-order valence-corrected chi connectivity index (χ0v) is 11.0. The summed E-state index contributed by atoms with van der Waals surface area (Å²) in [6.07, 6.45) is 6.42. The molecule has 1 saturated carbocycles. The lowest BCUT2D eigenvalue weighted by Crippen LogP contribution is -2.42. The van der Waals surface area contributed by atoms with Crippen LogP contribution >= 0.6 is 0 Å². The number of aromatic nitrogens is 4. The fourth-order valence-corrected chi connectivity index (χ4v) is 2.68. The maximum absolute atomic E-state index is 4.15. The van der Waals surface area contributed by atoms with Gasteiger partial charge in [-0.2, -0.15) is 0 Å². The van der Waals surface area contributed by atoms with Crippen molar-refractivity contribution in [1.29, 1.82) is 0 Å². The Morgan fingerprint density at radius 2 is 2.22 bits per heavy atom. The fourth-order valence-electron chi connectivity index (χ4n) is 2.68. The molecule has 100 valence electrons. The van der Waals surface area contributed by atoms with Crippen LogP contribution in [0.1, 0.15) is 44.0 Å². The van der Waals surface area contributed by atoms with Crippen molar-refractivity contribution in [3.8, 4) is 0 Å². The Kier molecular flexibility index (Phi) is 3.56. The zero-order valence-electron chi connectivity index (χ0n) is 11.0. The highest BCUT2D eigenvalue weighted by Gasteiger charge is 2.28. The Morgan fingerprint density at radius 1 is 1.33 bits per heavy atom. The predicted molar refractivity (Wildman–Crippen MR) is 68.1 cm³/mol. The summed E-state index contributed by atoms with van der Waals surface area (Å²) in [5, 5.41) is 15.6. The lowest BCUT2D eigenvalue weighted by molar-refractivity contribution is 0.248. The summed E-state index contributed by atoms with van der Waals surface area (Å²) in [7, 11) is 2.15. The Labute approximate surface area is 108 Å². The van der Waals surface area contributed by atoms with E-state index in [9.17, 15) is 0 Å². The van der Waals surface area contributed by atoms with Gasteiger partial charge in [0, 0.05) is 12.6 Å². The molecule has 6 heteroatoms. The smallest absolute Gasteiger partial charge is 0.165 e. The second-order valence-corrected chi connectivity index (χ2v) is 5.61. The van der Waals surface area contributed by atoms with Gasteiger partial charge in [0.05, 0.1) is 12.6 Å². The third-order valence-corrected chi connectivity index (χ3v) is 3.81. The summed E-state index contributed by atoms with van der Waals surface area (Å²) >= 11 is 0. The van der Waals surface area contributed by atoms with Gasteiger partial charge in [-0.3, -0.25) is 4.90 Å². The van der Waals surface area contributed by atoms with E-state index in [0.29, 0.717) is 12.1 Å². The monoisotopic (exact) mass is 250 g/mol. The van der Waals surface area contributed by atoms with Crippen molar-refractivity contribution < 1.29 is 0 Å². The molecule has 0 amide bonds. The number of likely N-dealkylation sites (N-methyl/N-ethyl adjacent to an activating group) is 1. The third kappa shape index (κ3) is 2.87. The summed E-state index contributed by atoms with van der Waals surface area (Å²) in [4.78, 5) is 2.33. The molecule has 0 radical (unpaired) electrons. The Morgan fingerprint density at radius 3 is 2.94 bits per heavy atom. The quantitative estimate of drug-likeness (QED) is 0.828. The van der Waals surface area contributed by atoms with Crippen LogP contribution < -0.4 is 5.32 Å². The van der Waals surface area contributed by atoms with Crippen LogP contribution in [0.3, 0.4) is 0 Å². The summed E-state index contributed by atoms with van der Waals surface area (Å²) < 4.78 is 2.00. The molecule has 1 aromatic rings. The first-order valence-electron chi connectivity index (χ1n) is 7.01. The molecule has 1 aliphatic heterocycles. The summed E-state index contributed by atoms with van der Waals surface area (Å²) in [6, 6.07) is 1.20. The van der Waals surface area contributed by atoms with E-state index in [1.165, 1.54) is 32.1 Å². The van der Waals surface area contributed by atoms with E-state index in [0.717, 1.165) is 25.5 Å². The summed E-state index contributed by atoms with van der Waals surface area (Å²) in [6.45, 7) is 3.09. The minimum atomic E-state index is 0.566. The van der Waals surface area contributed by atoms with E-state index in [-0.39, 0.29) is 0 Å². The van der Waals surface area contributed by atoms with Crippen LogP contribution in [0, 0.1) is 0 Å². The normalized spacial score (nSPS) is 24.7. The molecule has 2 fully saturated rings. The molecule has 0 aromatic carbocycles. The first-order chi connectivity index (χ1) is 8.83. The third-order valence-electron chi connectivity index (χ3n) is 3.81. The first-order valence-corrected chi connectivity index (χ1v) is 7.01. The highest BCUT2D eigenvalue weighted by molar-refractivity contribution is 4.90. The predicted octanol–water partition coefficient (Wildman–Crippen LogP) is 0.582.